The van der Waals surface area contributed by atoms with Crippen LogP contribution < -0.4 is 4.46 Å². The first-order chi connectivity index (χ1) is 11.6. The molecule has 3 nitrogen and oxygen atoms in total. The summed E-state index contributed by atoms with van der Waals surface area (Å²) in [6, 6.07) is 17.8. The Balaban J connectivity index is 2.02. The molecule has 0 radical (unpaired) electrons. The van der Waals surface area contributed by atoms with Crippen LogP contribution in [0.2, 0.25) is 5.02 Å². The van der Waals surface area contributed by atoms with Gasteiger partial charge in [0, 0.05) is 0 Å². The Morgan fingerprint density at radius 3 is 2.58 bits per heavy atom. The van der Waals surface area contributed by atoms with Crippen LogP contribution in [0.4, 0.5) is 0 Å². The van der Waals surface area contributed by atoms with E-state index in [0.717, 1.165) is 10.0 Å². The summed E-state index contributed by atoms with van der Waals surface area (Å²) in [5.41, 5.74) is 0.784. The molecule has 0 N–H and O–H groups in total. The Morgan fingerprint density at radius 1 is 1.17 bits per heavy atom. The van der Waals surface area contributed by atoms with Crippen molar-refractivity contribution in [2.24, 2.45) is 0 Å². The van der Waals surface area contributed by atoms with Crippen molar-refractivity contribution < 1.29 is 13.6 Å². The number of allylic oxidation sites excluding steroid dienone is 1. The monoisotopic (exact) mass is 428 g/mol. The van der Waals surface area contributed by atoms with Crippen molar-refractivity contribution >= 4 is 44.4 Å². The Bertz CT molecular complexity index is 792. The van der Waals surface area contributed by atoms with E-state index in [2.05, 4.69) is 12.1 Å². The predicted molar refractivity (Wildman–Crippen MR) is 100 cm³/mol. The van der Waals surface area contributed by atoms with Crippen LogP contribution in [0.3, 0.4) is 0 Å². The number of rotatable bonds is 5. The minimum atomic E-state index is -3.10. The summed E-state index contributed by atoms with van der Waals surface area (Å²) < 4.78 is 26.6. The Kier molecular flexibility index (Phi) is 5.86. The normalized spacial score (nSPS) is 20.8. The fourth-order valence-corrected chi connectivity index (χ4v) is 6.95. The van der Waals surface area contributed by atoms with Crippen molar-refractivity contribution in [1.29, 1.82) is 0 Å². The molecule has 2 aromatic rings. The molecule has 1 heterocycles. The van der Waals surface area contributed by atoms with E-state index in [1.54, 1.807) is 0 Å². The first-order valence-electron chi connectivity index (χ1n) is 7.75. The molecule has 0 bridgehead atoms. The molecule has 0 fully saturated rings. The van der Waals surface area contributed by atoms with E-state index >= 15 is 0 Å². The van der Waals surface area contributed by atoms with Gasteiger partial charge in [-0.1, -0.05) is 0 Å². The second-order valence-corrected chi connectivity index (χ2v) is 10.2. The number of hydrogen-bond acceptors (Lipinski definition) is 3. The van der Waals surface area contributed by atoms with Crippen LogP contribution in [0.25, 0.3) is 5.76 Å². The third-order valence-electron chi connectivity index (χ3n) is 3.52. The topological polar surface area (TPSA) is 35.5 Å². The van der Waals surface area contributed by atoms with Gasteiger partial charge in [0.05, 0.1) is 0 Å². The molecule has 0 saturated heterocycles. The van der Waals surface area contributed by atoms with Crippen molar-refractivity contribution in [3.8, 4) is 0 Å². The summed E-state index contributed by atoms with van der Waals surface area (Å²) in [5.74, 6) is 0.632. The molecule has 126 valence electrons. The number of hydrogen-bond donors (Lipinski definition) is 0. The summed E-state index contributed by atoms with van der Waals surface area (Å²) in [4.78, 5) is 0. The van der Waals surface area contributed by atoms with Crippen molar-refractivity contribution in [3.05, 3.63) is 69.7 Å². The summed E-state index contributed by atoms with van der Waals surface area (Å²) in [7, 11) is -3.10. The second kappa shape index (κ2) is 7.91. The summed E-state index contributed by atoms with van der Waals surface area (Å²) in [6.07, 6.45) is 1.12. The first-order valence-corrected chi connectivity index (χ1v) is 11.6. The van der Waals surface area contributed by atoms with Gasteiger partial charge in [-0.15, -0.1) is 0 Å². The van der Waals surface area contributed by atoms with Gasteiger partial charge >= 0.3 is 154 Å². The number of benzene rings is 2. The summed E-state index contributed by atoms with van der Waals surface area (Å²) in [6.45, 7) is 2.19. The van der Waals surface area contributed by atoms with Crippen LogP contribution in [0, 0.1) is 0 Å². The zero-order chi connectivity index (χ0) is 17.0. The fourth-order valence-electron chi connectivity index (χ4n) is 2.45. The summed E-state index contributed by atoms with van der Waals surface area (Å²) >= 11 is 6.45. The average molecular weight is 428 g/mol. The molecule has 6 heteroatoms. The zero-order valence-electron chi connectivity index (χ0n) is 13.3. The molecule has 0 amide bonds. The van der Waals surface area contributed by atoms with E-state index in [9.17, 15) is 4.57 Å². The third kappa shape index (κ3) is 4.14. The molecule has 0 spiro atoms. The van der Waals surface area contributed by atoms with Gasteiger partial charge in [-0.3, -0.25) is 0 Å². The van der Waals surface area contributed by atoms with Gasteiger partial charge in [0.25, 0.3) is 0 Å². The Hall–Kier alpha value is -1.02. The maximum absolute atomic E-state index is 12.8. The average Bonchev–Trinajstić information content (AvgIpc) is 2.58. The van der Waals surface area contributed by atoms with E-state index in [4.69, 9.17) is 20.6 Å². The van der Waals surface area contributed by atoms with Gasteiger partial charge in [0.1, 0.15) is 0 Å². The molecule has 1 aliphatic heterocycles. The van der Waals surface area contributed by atoms with Crippen molar-refractivity contribution in [2.45, 2.75) is 13.3 Å². The van der Waals surface area contributed by atoms with Gasteiger partial charge in [0.15, 0.2) is 0 Å². The Morgan fingerprint density at radius 2 is 1.88 bits per heavy atom. The molecule has 2 aromatic carbocycles. The molecular formula is C18H18ClO3PSe. The minimum absolute atomic E-state index is 0.0905. The van der Waals surface area contributed by atoms with E-state index in [-0.39, 0.29) is 15.0 Å². The van der Waals surface area contributed by atoms with E-state index in [1.165, 1.54) is 4.46 Å². The molecule has 1 atom stereocenters. The Labute approximate surface area is 153 Å². The van der Waals surface area contributed by atoms with Crippen LogP contribution in [0.5, 0.6) is 0 Å². The van der Waals surface area contributed by atoms with Crippen LogP contribution in [0.1, 0.15) is 18.9 Å². The number of halogens is 1. The standard InChI is InChI=1S/C18H18ClO3PSe/c1-2-21-23(20)13-12-17(24-14-8-4-3-5-9-14)18(22-23)15-10-6-7-11-16(15)19/h3-11H,2,12-13H2,1H3. The van der Waals surface area contributed by atoms with Gasteiger partial charge in [0.2, 0.25) is 0 Å². The molecule has 0 aliphatic carbocycles. The SMILES string of the molecule is CCOP1(=O)CCC([Se]c2ccccc2)=C(c2ccccc2Cl)O1. The predicted octanol–water partition coefficient (Wildman–Crippen LogP) is 4.69. The molecule has 24 heavy (non-hydrogen) atoms. The zero-order valence-corrected chi connectivity index (χ0v) is 16.6. The van der Waals surface area contributed by atoms with E-state index in [1.807, 2.05) is 49.4 Å². The van der Waals surface area contributed by atoms with Crippen LogP contribution in [-0.4, -0.2) is 27.7 Å². The van der Waals surface area contributed by atoms with Gasteiger partial charge in [-0.05, 0) is 0 Å². The third-order valence-corrected chi connectivity index (χ3v) is 8.14. The van der Waals surface area contributed by atoms with Crippen molar-refractivity contribution in [2.75, 3.05) is 12.8 Å². The quantitative estimate of drug-likeness (QED) is 0.513. The van der Waals surface area contributed by atoms with Crippen LogP contribution in [0.15, 0.2) is 59.1 Å². The van der Waals surface area contributed by atoms with Crippen LogP contribution in [-0.2, 0) is 13.6 Å². The molecule has 0 aromatic heterocycles. The second-order valence-electron chi connectivity index (χ2n) is 5.24. The maximum atomic E-state index is 12.8. The molecular weight excluding hydrogens is 410 g/mol. The molecule has 1 aliphatic rings. The molecule has 3 rings (SSSR count). The van der Waals surface area contributed by atoms with Crippen LogP contribution >= 0.6 is 19.2 Å². The van der Waals surface area contributed by atoms with E-state index < -0.39 is 7.60 Å². The van der Waals surface area contributed by atoms with Gasteiger partial charge in [-0.2, -0.15) is 0 Å². The van der Waals surface area contributed by atoms with Gasteiger partial charge < -0.3 is 0 Å². The van der Waals surface area contributed by atoms with Gasteiger partial charge in [-0.25, -0.2) is 0 Å². The summed E-state index contributed by atoms with van der Waals surface area (Å²) in [5, 5.41) is 0.596. The van der Waals surface area contributed by atoms with Crippen molar-refractivity contribution in [3.63, 3.8) is 0 Å². The van der Waals surface area contributed by atoms with Crippen molar-refractivity contribution in [1.82, 2.24) is 0 Å². The molecule has 1 unspecified atom stereocenters. The fraction of sp³-hybridized carbons (Fsp3) is 0.222. The first kappa shape index (κ1) is 17.8. The van der Waals surface area contributed by atoms with E-state index in [0.29, 0.717) is 30.0 Å². The molecule has 0 saturated carbocycles.